The summed E-state index contributed by atoms with van der Waals surface area (Å²) in [7, 11) is 0. The van der Waals surface area contributed by atoms with Gasteiger partial charge in [0.25, 0.3) is 5.69 Å². The van der Waals surface area contributed by atoms with Gasteiger partial charge >= 0.3 is 11.9 Å². The zero-order valence-electron chi connectivity index (χ0n) is 24.1. The number of anilines is 1. The molecule has 1 aliphatic heterocycles. The van der Waals surface area contributed by atoms with Crippen LogP contribution >= 0.6 is 0 Å². The molecule has 0 unspecified atom stereocenters. The van der Waals surface area contributed by atoms with Gasteiger partial charge < -0.3 is 15.2 Å². The zero-order chi connectivity index (χ0) is 31.5. The molecule has 10 nitrogen and oxygen atoms in total. The molecular formula is C33H30FN3O7. The van der Waals surface area contributed by atoms with Crippen LogP contribution in [0.15, 0.2) is 102 Å². The van der Waals surface area contributed by atoms with Gasteiger partial charge in [-0.2, -0.15) is 0 Å². The summed E-state index contributed by atoms with van der Waals surface area (Å²) in [5, 5.41) is 11.4. The quantitative estimate of drug-likeness (QED) is 0.159. The molecule has 3 aromatic rings. The third kappa shape index (κ3) is 5.44. The Bertz CT molecular complexity index is 1680. The number of ether oxygens (including phenoxy) is 2. The lowest BCUT2D eigenvalue weighted by atomic mass is 9.67. The number of ketones is 1. The van der Waals surface area contributed by atoms with Crippen LogP contribution in [-0.2, 0) is 23.9 Å². The fraction of sp³-hybridized carbons (Fsp3) is 0.242. The molecule has 0 aromatic heterocycles. The van der Waals surface area contributed by atoms with E-state index in [1.165, 1.54) is 47.4 Å². The van der Waals surface area contributed by atoms with E-state index in [1.54, 1.807) is 32.0 Å². The average molecular weight is 600 g/mol. The maximum absolute atomic E-state index is 14.7. The van der Waals surface area contributed by atoms with Crippen molar-refractivity contribution in [2.75, 3.05) is 18.1 Å². The highest BCUT2D eigenvalue weighted by Gasteiger charge is 2.51. The number of nitrogens with zero attached hydrogens (tertiary/aromatic N) is 2. The molecule has 44 heavy (non-hydrogen) atoms. The van der Waals surface area contributed by atoms with Crippen molar-refractivity contribution >= 4 is 29.1 Å². The van der Waals surface area contributed by atoms with Crippen molar-refractivity contribution < 1.29 is 33.2 Å². The van der Waals surface area contributed by atoms with E-state index in [9.17, 15) is 28.9 Å². The molecule has 2 aliphatic rings. The van der Waals surface area contributed by atoms with Gasteiger partial charge in [-0.3, -0.25) is 24.6 Å². The standard InChI is InChI=1S/C33H30FN3O7/c1-3-43-32(39)27-24(19-9-6-5-7-10-19)18-25-28(30(27)38)26(20-13-15-22(16-14-20)37(41)42)29(33(40)44-4-2)31(35)36(25)23-12-8-11-21(34)17-23/h5-17,24,26-27H,3-4,18,35H2,1-2H3/t24-,26+,27+/m0/s1. The Morgan fingerprint density at radius 2 is 1.66 bits per heavy atom. The molecule has 0 fully saturated rings. The Balaban J connectivity index is 1.82. The number of non-ortho nitro benzene ring substituents is 1. The Labute approximate surface area is 252 Å². The predicted octanol–water partition coefficient (Wildman–Crippen LogP) is 5.26. The number of hydrogen-bond acceptors (Lipinski definition) is 9. The third-order valence-corrected chi connectivity index (χ3v) is 7.81. The van der Waals surface area contributed by atoms with Crippen LogP contribution in [0.1, 0.15) is 43.2 Å². The molecule has 226 valence electrons. The van der Waals surface area contributed by atoms with Gasteiger partial charge in [-0.05, 0) is 49.6 Å². The van der Waals surface area contributed by atoms with E-state index in [4.69, 9.17) is 15.2 Å². The lowest BCUT2D eigenvalue weighted by Crippen LogP contribution is -2.46. The molecule has 0 bridgehead atoms. The summed E-state index contributed by atoms with van der Waals surface area (Å²) in [6.45, 7) is 3.28. The highest BCUT2D eigenvalue weighted by Crippen LogP contribution is 2.51. The monoisotopic (exact) mass is 599 g/mol. The van der Waals surface area contributed by atoms with Crippen molar-refractivity contribution in [2.45, 2.75) is 32.1 Å². The van der Waals surface area contributed by atoms with Gasteiger partial charge in [-0.25, -0.2) is 9.18 Å². The van der Waals surface area contributed by atoms with Gasteiger partial charge in [-0.15, -0.1) is 0 Å². The number of carbonyl (C=O) groups excluding carboxylic acids is 3. The summed E-state index contributed by atoms with van der Waals surface area (Å²) in [6.07, 6.45) is 0.103. The number of hydrogen-bond donors (Lipinski definition) is 1. The van der Waals surface area contributed by atoms with E-state index in [2.05, 4.69) is 0 Å². The molecular weight excluding hydrogens is 569 g/mol. The molecule has 0 radical (unpaired) electrons. The van der Waals surface area contributed by atoms with Gasteiger partial charge in [0.2, 0.25) is 0 Å². The van der Waals surface area contributed by atoms with E-state index in [1.807, 2.05) is 18.2 Å². The second-order valence-corrected chi connectivity index (χ2v) is 10.3. The fourth-order valence-electron chi connectivity index (χ4n) is 5.98. The van der Waals surface area contributed by atoms with Gasteiger partial charge in [-0.1, -0.05) is 48.5 Å². The minimum atomic E-state index is -1.27. The van der Waals surface area contributed by atoms with Crippen molar-refractivity contribution in [3.63, 3.8) is 0 Å². The highest BCUT2D eigenvalue weighted by molar-refractivity contribution is 6.14. The van der Waals surface area contributed by atoms with E-state index in [-0.39, 0.29) is 48.0 Å². The van der Waals surface area contributed by atoms with Crippen LogP contribution in [0.2, 0.25) is 0 Å². The van der Waals surface area contributed by atoms with E-state index in [0.717, 1.165) is 0 Å². The van der Waals surface area contributed by atoms with Crippen LogP contribution in [0.3, 0.4) is 0 Å². The van der Waals surface area contributed by atoms with Crippen LogP contribution in [0, 0.1) is 21.8 Å². The van der Waals surface area contributed by atoms with Gasteiger partial charge in [0.15, 0.2) is 5.78 Å². The van der Waals surface area contributed by atoms with E-state index >= 15 is 0 Å². The third-order valence-electron chi connectivity index (χ3n) is 7.81. The second kappa shape index (κ2) is 12.5. The van der Waals surface area contributed by atoms with Gasteiger partial charge in [0.05, 0.1) is 35.3 Å². The number of nitrogens with two attached hydrogens (primary N) is 1. The highest BCUT2D eigenvalue weighted by atomic mass is 19.1. The predicted molar refractivity (Wildman–Crippen MR) is 159 cm³/mol. The number of esters is 2. The first-order valence-corrected chi connectivity index (χ1v) is 14.1. The van der Waals surface area contributed by atoms with Crippen molar-refractivity contribution in [2.24, 2.45) is 11.7 Å². The summed E-state index contributed by atoms with van der Waals surface area (Å²) >= 11 is 0. The normalized spacial score (nSPS) is 19.8. The molecule has 2 N–H and O–H groups in total. The van der Waals surface area contributed by atoms with Crippen molar-refractivity contribution in [3.8, 4) is 0 Å². The summed E-state index contributed by atoms with van der Waals surface area (Å²) in [5.74, 6) is -5.90. The smallest absolute Gasteiger partial charge is 0.338 e. The molecule has 11 heteroatoms. The lowest BCUT2D eigenvalue weighted by Gasteiger charge is -2.44. The van der Waals surface area contributed by atoms with Crippen LogP contribution in [-0.4, -0.2) is 35.9 Å². The second-order valence-electron chi connectivity index (χ2n) is 10.3. The fourth-order valence-corrected chi connectivity index (χ4v) is 5.98. The van der Waals surface area contributed by atoms with Gasteiger partial charge in [0, 0.05) is 29.3 Å². The molecule has 0 amide bonds. The molecule has 3 aromatic carbocycles. The summed E-state index contributed by atoms with van der Waals surface area (Å²) in [6, 6.07) is 20.0. The first-order chi connectivity index (χ1) is 21.2. The Kier molecular flexibility index (Phi) is 8.57. The number of nitro benzene ring substituents is 1. The largest absolute Gasteiger partial charge is 0.465 e. The summed E-state index contributed by atoms with van der Waals surface area (Å²) in [4.78, 5) is 54.1. The van der Waals surface area contributed by atoms with Gasteiger partial charge in [0.1, 0.15) is 17.6 Å². The summed E-state index contributed by atoms with van der Waals surface area (Å²) in [5.41, 5.74) is 8.20. The minimum Gasteiger partial charge on any atom is -0.465 e. The van der Waals surface area contributed by atoms with Crippen LogP contribution in [0.4, 0.5) is 15.8 Å². The number of allylic oxidation sites excluding steroid dienone is 2. The van der Waals surface area contributed by atoms with Crippen LogP contribution < -0.4 is 10.6 Å². The first kappa shape index (κ1) is 30.1. The van der Waals surface area contributed by atoms with E-state index in [0.29, 0.717) is 16.8 Å². The van der Waals surface area contributed by atoms with Crippen molar-refractivity contribution in [1.82, 2.24) is 0 Å². The van der Waals surface area contributed by atoms with Crippen molar-refractivity contribution in [3.05, 3.63) is 129 Å². The first-order valence-electron chi connectivity index (χ1n) is 14.1. The maximum atomic E-state index is 14.7. The molecule has 1 heterocycles. The summed E-state index contributed by atoms with van der Waals surface area (Å²) < 4.78 is 25.4. The van der Waals surface area contributed by atoms with Crippen LogP contribution in [0.25, 0.3) is 0 Å². The number of nitro groups is 1. The molecule has 0 saturated heterocycles. The Morgan fingerprint density at radius 3 is 2.27 bits per heavy atom. The number of rotatable bonds is 8. The molecule has 0 spiro atoms. The Hall–Kier alpha value is -5.32. The SMILES string of the molecule is CCOC(=O)C1=C(N)N(c2cccc(F)c2)C2=C(C(=O)[C@H](C(=O)OCC)[C@H](c3ccccc3)C2)[C@H]1c1ccc([N+](=O)[O-])cc1. The topological polar surface area (TPSA) is 142 Å². The Morgan fingerprint density at radius 1 is 0.977 bits per heavy atom. The lowest BCUT2D eigenvalue weighted by molar-refractivity contribution is -0.384. The number of carbonyl (C=O) groups is 3. The average Bonchev–Trinajstić information content (AvgIpc) is 3.01. The minimum absolute atomic E-state index is 0.00998. The maximum Gasteiger partial charge on any atom is 0.338 e. The molecule has 0 saturated carbocycles. The molecule has 3 atom stereocenters. The van der Waals surface area contributed by atoms with Crippen LogP contribution in [0.5, 0.6) is 0 Å². The molecule has 1 aliphatic carbocycles. The number of halogens is 1. The zero-order valence-corrected chi connectivity index (χ0v) is 24.1. The number of Topliss-reactive ketones (excluding diaryl/α,β-unsaturated/α-hetero) is 1. The van der Waals surface area contributed by atoms with Crippen molar-refractivity contribution in [1.29, 1.82) is 0 Å². The number of benzene rings is 3. The van der Waals surface area contributed by atoms with E-state index < -0.39 is 46.2 Å². The molecule has 5 rings (SSSR count).